The molecule has 3 aromatic carbocycles. The summed E-state index contributed by atoms with van der Waals surface area (Å²) in [7, 11) is 0. The predicted octanol–water partition coefficient (Wildman–Crippen LogP) is 10.4. The third-order valence-corrected chi connectivity index (χ3v) is 10.6. The molecular formula is C37H32F3N5O3S2. The molecule has 8 nitrogen and oxygen atoms in total. The lowest BCUT2D eigenvalue weighted by molar-refractivity contribution is -0.384. The van der Waals surface area contributed by atoms with Gasteiger partial charge in [0.15, 0.2) is 5.16 Å². The van der Waals surface area contributed by atoms with Crippen LogP contribution < -0.4 is 5.32 Å². The summed E-state index contributed by atoms with van der Waals surface area (Å²) in [5, 5.41) is 15.0. The fraction of sp³-hybridized carbons (Fsp3) is 0.243. The molecule has 0 bridgehead atoms. The summed E-state index contributed by atoms with van der Waals surface area (Å²) in [5.41, 5.74) is 1.57. The third kappa shape index (κ3) is 7.95. The van der Waals surface area contributed by atoms with Crippen molar-refractivity contribution in [3.63, 3.8) is 0 Å². The van der Waals surface area contributed by atoms with Gasteiger partial charge in [0.2, 0.25) is 0 Å². The highest BCUT2D eigenvalue weighted by molar-refractivity contribution is 7.99. The van der Waals surface area contributed by atoms with E-state index < -0.39 is 16.8 Å². The van der Waals surface area contributed by atoms with Crippen LogP contribution in [0.4, 0.5) is 29.5 Å². The number of hydrogen-bond donors (Lipinski definition) is 1. The van der Waals surface area contributed by atoms with E-state index in [-0.39, 0.29) is 33.4 Å². The van der Waals surface area contributed by atoms with E-state index >= 15 is 0 Å². The molecule has 2 heterocycles. The van der Waals surface area contributed by atoms with Crippen LogP contribution in [0.2, 0.25) is 0 Å². The number of fused-ring (bicyclic) bond motifs is 1. The number of nitrogens with one attached hydrogen (secondary N) is 1. The molecule has 6 rings (SSSR count). The summed E-state index contributed by atoms with van der Waals surface area (Å²) >= 11 is 2.26. The van der Waals surface area contributed by atoms with E-state index in [9.17, 15) is 28.1 Å². The summed E-state index contributed by atoms with van der Waals surface area (Å²) in [4.78, 5) is 39.3. The van der Waals surface area contributed by atoms with Crippen molar-refractivity contribution < 1.29 is 22.9 Å². The van der Waals surface area contributed by atoms with Crippen LogP contribution in [0.5, 0.6) is 0 Å². The Kier molecular flexibility index (Phi) is 9.90. The first kappa shape index (κ1) is 35.0. The van der Waals surface area contributed by atoms with Crippen molar-refractivity contribution in [1.82, 2.24) is 9.97 Å². The lowest BCUT2D eigenvalue weighted by Gasteiger charge is -2.33. The molecule has 2 aromatic heterocycles. The number of anilines is 1. The second-order valence-corrected chi connectivity index (χ2v) is 15.0. The van der Waals surface area contributed by atoms with Gasteiger partial charge in [-0.15, -0.1) is 11.3 Å². The molecule has 1 amide bonds. The minimum absolute atomic E-state index is 0.0680. The van der Waals surface area contributed by atoms with Crippen LogP contribution in [0.15, 0.2) is 100.0 Å². The highest BCUT2D eigenvalue weighted by atomic mass is 32.2. The number of hydrogen-bond acceptors (Lipinski definition) is 8. The summed E-state index contributed by atoms with van der Waals surface area (Å²) < 4.78 is 41.8. The van der Waals surface area contributed by atoms with Gasteiger partial charge in [-0.1, -0.05) is 69.3 Å². The van der Waals surface area contributed by atoms with Gasteiger partial charge in [0.25, 0.3) is 11.6 Å². The van der Waals surface area contributed by atoms with Gasteiger partial charge in [0, 0.05) is 44.9 Å². The van der Waals surface area contributed by atoms with Crippen LogP contribution in [-0.2, 0) is 19.0 Å². The molecule has 0 saturated carbocycles. The van der Waals surface area contributed by atoms with Gasteiger partial charge in [-0.3, -0.25) is 14.9 Å². The molecule has 0 radical (unpaired) electrons. The third-order valence-electron chi connectivity index (χ3n) is 8.52. The van der Waals surface area contributed by atoms with E-state index in [1.54, 1.807) is 42.5 Å². The molecular weight excluding hydrogens is 684 g/mol. The largest absolute Gasteiger partial charge is 0.433 e. The van der Waals surface area contributed by atoms with Crippen LogP contribution in [-0.4, -0.2) is 27.0 Å². The fourth-order valence-corrected chi connectivity index (χ4v) is 7.91. The number of benzene rings is 3. The number of rotatable bonds is 8. The van der Waals surface area contributed by atoms with Crippen LogP contribution in [0, 0.1) is 21.4 Å². The zero-order chi connectivity index (χ0) is 35.6. The summed E-state index contributed by atoms with van der Waals surface area (Å²) in [6.45, 7) is 6.62. The number of nitro benzene ring substituents is 1. The maximum Gasteiger partial charge on any atom is 0.433 e. The molecule has 0 fully saturated rings. The highest BCUT2D eigenvalue weighted by Gasteiger charge is 2.35. The Morgan fingerprint density at radius 3 is 2.38 bits per heavy atom. The molecule has 0 aliphatic heterocycles. The predicted molar refractivity (Wildman–Crippen MR) is 191 cm³/mol. The Morgan fingerprint density at radius 2 is 1.72 bits per heavy atom. The monoisotopic (exact) mass is 715 g/mol. The number of nitrogens with zero attached hydrogens (tertiary/aromatic N) is 4. The first-order valence-corrected chi connectivity index (χ1v) is 17.4. The van der Waals surface area contributed by atoms with Gasteiger partial charge >= 0.3 is 6.18 Å². The molecule has 1 aliphatic rings. The number of aromatic nitrogens is 2. The number of carbonyl (C=O) groups excluding carboxylic acids is 1. The highest BCUT2D eigenvalue weighted by Crippen LogP contribution is 2.46. The van der Waals surface area contributed by atoms with E-state index in [2.05, 4.69) is 36.1 Å². The Morgan fingerprint density at radius 1 is 1.02 bits per heavy atom. The van der Waals surface area contributed by atoms with Crippen molar-refractivity contribution in [2.75, 3.05) is 5.32 Å². The Bertz CT molecular complexity index is 2080. The van der Waals surface area contributed by atoms with Crippen molar-refractivity contribution in [1.29, 1.82) is 0 Å². The van der Waals surface area contributed by atoms with Crippen LogP contribution in [0.3, 0.4) is 0 Å². The van der Waals surface area contributed by atoms with Crippen molar-refractivity contribution in [2.24, 2.45) is 16.3 Å². The maximum absolute atomic E-state index is 13.9. The van der Waals surface area contributed by atoms with E-state index in [1.807, 2.05) is 18.2 Å². The number of halogens is 3. The number of non-ortho nitro benzene ring substituents is 1. The van der Waals surface area contributed by atoms with Crippen molar-refractivity contribution in [2.45, 2.75) is 56.3 Å². The number of para-hydroxylation sites is 1. The topological polar surface area (TPSA) is 110 Å². The van der Waals surface area contributed by atoms with Crippen LogP contribution in [0.1, 0.15) is 59.2 Å². The number of carbonyl (C=O) groups is 1. The van der Waals surface area contributed by atoms with E-state index in [4.69, 9.17) is 4.99 Å². The SMILES string of the molecule is CC(C)(C)[C@H]1CCc2c(sc(N=Cc3cc([N+](=O)[O-])ccc3Sc3nc(-c4ccccc4)cc(C(F)(F)F)n3)c2C(=O)Nc2ccccc2)C1. The van der Waals surface area contributed by atoms with Gasteiger partial charge in [0.05, 0.1) is 16.2 Å². The number of alkyl halides is 3. The minimum atomic E-state index is -4.73. The number of nitro groups is 1. The van der Waals surface area contributed by atoms with E-state index in [0.717, 1.165) is 41.1 Å². The zero-order valence-electron chi connectivity index (χ0n) is 27.3. The van der Waals surface area contributed by atoms with E-state index in [0.29, 0.717) is 39.0 Å². The first-order chi connectivity index (χ1) is 23.8. The van der Waals surface area contributed by atoms with Gasteiger partial charge in [-0.05, 0) is 72.2 Å². The second-order valence-electron chi connectivity index (χ2n) is 12.9. The maximum atomic E-state index is 13.9. The molecule has 0 saturated heterocycles. The molecule has 5 aromatic rings. The van der Waals surface area contributed by atoms with Crippen molar-refractivity contribution in [3.8, 4) is 11.3 Å². The molecule has 1 atom stereocenters. The van der Waals surface area contributed by atoms with Gasteiger partial charge in [-0.2, -0.15) is 13.2 Å². The second kappa shape index (κ2) is 14.2. The zero-order valence-corrected chi connectivity index (χ0v) is 29.0. The average molecular weight is 716 g/mol. The fourth-order valence-electron chi connectivity index (χ4n) is 5.79. The number of amides is 1. The Hall–Kier alpha value is -4.88. The minimum Gasteiger partial charge on any atom is -0.322 e. The van der Waals surface area contributed by atoms with Crippen molar-refractivity contribution in [3.05, 3.63) is 122 Å². The van der Waals surface area contributed by atoms with Gasteiger partial charge in [-0.25, -0.2) is 15.0 Å². The summed E-state index contributed by atoms with van der Waals surface area (Å²) in [5.74, 6) is 0.0954. The van der Waals surface area contributed by atoms with Gasteiger partial charge < -0.3 is 5.32 Å². The quantitative estimate of drug-likeness (QED) is 0.0741. The smallest absolute Gasteiger partial charge is 0.322 e. The molecule has 50 heavy (non-hydrogen) atoms. The molecule has 1 N–H and O–H groups in total. The normalized spacial score (nSPS) is 14.8. The summed E-state index contributed by atoms with van der Waals surface area (Å²) in [6, 6.07) is 22.4. The van der Waals surface area contributed by atoms with Crippen LogP contribution in [0.25, 0.3) is 11.3 Å². The number of aliphatic imine (C=N–C) groups is 1. The summed E-state index contributed by atoms with van der Waals surface area (Å²) in [6.07, 6.45) is -0.911. The molecule has 0 spiro atoms. The molecule has 13 heteroatoms. The molecule has 1 aliphatic carbocycles. The van der Waals surface area contributed by atoms with Crippen molar-refractivity contribution >= 4 is 51.6 Å². The van der Waals surface area contributed by atoms with Crippen LogP contribution >= 0.6 is 23.1 Å². The lowest BCUT2D eigenvalue weighted by Crippen LogP contribution is -2.27. The number of thiophene rings is 1. The Labute approximate surface area is 295 Å². The van der Waals surface area contributed by atoms with E-state index in [1.165, 1.54) is 35.8 Å². The standard InChI is InChI=1S/C37H32F3N5O3S2/c1-36(2,3)24-14-16-27-30(19-24)49-34(32(27)33(46)42-25-12-8-5-9-13-25)41-21-23-18-26(45(47)48)15-17-29(23)50-35-43-28(22-10-6-4-7-11-22)20-31(44-35)37(38,39)40/h4-13,15,17-18,20-21,24H,14,16,19H2,1-3H3,(H,42,46)/t24-/m0/s1. The molecule has 0 unspecified atom stereocenters. The lowest BCUT2D eigenvalue weighted by atomic mass is 9.72. The first-order valence-electron chi connectivity index (χ1n) is 15.8. The van der Waals surface area contributed by atoms with Gasteiger partial charge in [0.1, 0.15) is 10.7 Å². The average Bonchev–Trinajstić information content (AvgIpc) is 3.45. The Balaban J connectivity index is 1.41. The molecule has 256 valence electrons.